The van der Waals surface area contributed by atoms with Crippen LogP contribution in [0.5, 0.6) is 0 Å². The van der Waals surface area contributed by atoms with E-state index in [1.54, 1.807) is 7.11 Å². The zero-order valence-corrected chi connectivity index (χ0v) is 6.76. The Hall–Kier alpha value is -0.760. The molecule has 2 nitrogen and oxygen atoms in total. The summed E-state index contributed by atoms with van der Waals surface area (Å²) in [4.78, 5) is 0. The molecule has 0 aromatic heterocycles. The molecule has 2 fully saturated rings. The van der Waals surface area contributed by atoms with Crippen molar-refractivity contribution in [1.82, 2.24) is 0 Å². The second-order valence-electron chi connectivity index (χ2n) is 3.48. The van der Waals surface area contributed by atoms with Gasteiger partial charge in [-0.15, -0.1) is 0 Å². The summed E-state index contributed by atoms with van der Waals surface area (Å²) >= 11 is 0. The molecule has 2 N–H and O–H groups in total. The van der Waals surface area contributed by atoms with E-state index in [4.69, 9.17) is 10.5 Å². The summed E-state index contributed by atoms with van der Waals surface area (Å²) in [5.74, 6) is 0.910. The quantitative estimate of drug-likeness (QED) is 0.599. The number of methoxy groups -OCH3 is 1. The summed E-state index contributed by atoms with van der Waals surface area (Å²) in [6.45, 7) is 7.69. The van der Waals surface area contributed by atoms with Crippen molar-refractivity contribution in [1.29, 1.82) is 0 Å². The van der Waals surface area contributed by atoms with E-state index in [0.29, 0.717) is 11.8 Å². The lowest BCUT2D eigenvalue weighted by Crippen LogP contribution is -2.38. The predicted octanol–water partition coefficient (Wildman–Crippen LogP) is 1.05. The molecule has 2 saturated carbocycles. The average Bonchev–Trinajstić information content (AvgIpc) is 2.57. The van der Waals surface area contributed by atoms with Gasteiger partial charge in [0.05, 0.1) is 5.60 Å². The summed E-state index contributed by atoms with van der Waals surface area (Å²) in [5, 5.41) is 0. The van der Waals surface area contributed by atoms with Crippen molar-refractivity contribution in [2.24, 2.45) is 17.6 Å². The van der Waals surface area contributed by atoms with E-state index in [1.165, 1.54) is 0 Å². The number of ether oxygens (including phenoxy) is 1. The van der Waals surface area contributed by atoms with E-state index in [0.717, 1.165) is 17.7 Å². The number of fused-ring (bicyclic) bond motifs is 1. The second-order valence-corrected chi connectivity index (χ2v) is 3.48. The van der Waals surface area contributed by atoms with Gasteiger partial charge in [-0.1, -0.05) is 13.2 Å². The molecule has 3 atom stereocenters. The van der Waals surface area contributed by atoms with E-state index in [9.17, 15) is 0 Å². The summed E-state index contributed by atoms with van der Waals surface area (Å²) in [5.41, 5.74) is 7.48. The fourth-order valence-corrected chi connectivity index (χ4v) is 2.28. The van der Waals surface area contributed by atoms with Crippen molar-refractivity contribution >= 4 is 0 Å². The Morgan fingerprint density at radius 3 is 2.73 bits per heavy atom. The molecule has 2 heteroatoms. The molecule has 0 amide bonds. The number of rotatable bonds is 2. The van der Waals surface area contributed by atoms with Crippen LogP contribution in [0, 0.1) is 11.8 Å². The molecule has 0 spiro atoms. The molecule has 0 aromatic carbocycles. The van der Waals surface area contributed by atoms with Crippen molar-refractivity contribution in [3.63, 3.8) is 0 Å². The first-order valence-corrected chi connectivity index (χ1v) is 3.82. The molecule has 0 radical (unpaired) electrons. The van der Waals surface area contributed by atoms with Crippen LogP contribution in [0.3, 0.4) is 0 Å². The normalized spacial score (nSPS) is 46.1. The second kappa shape index (κ2) is 1.69. The van der Waals surface area contributed by atoms with E-state index in [1.807, 2.05) is 0 Å². The Kier molecular flexibility index (Phi) is 1.07. The molecule has 0 bridgehead atoms. The van der Waals surface area contributed by atoms with Crippen LogP contribution in [-0.2, 0) is 4.74 Å². The lowest BCUT2D eigenvalue weighted by molar-refractivity contribution is 0.0500. The van der Waals surface area contributed by atoms with Gasteiger partial charge >= 0.3 is 0 Å². The van der Waals surface area contributed by atoms with Crippen molar-refractivity contribution < 1.29 is 4.74 Å². The first kappa shape index (κ1) is 6.92. The SMILES string of the molecule is C=C(N)[C@H]1C(=C)[C@]2(OC)C[C@@H]12. The fraction of sp³-hybridized carbons (Fsp3) is 0.556. The van der Waals surface area contributed by atoms with Gasteiger partial charge < -0.3 is 10.5 Å². The van der Waals surface area contributed by atoms with Gasteiger partial charge in [0, 0.05) is 24.6 Å². The molecule has 2 rings (SSSR count). The Balaban J connectivity index is 2.16. The van der Waals surface area contributed by atoms with Gasteiger partial charge in [-0.2, -0.15) is 0 Å². The van der Waals surface area contributed by atoms with E-state index in [2.05, 4.69) is 13.2 Å². The van der Waals surface area contributed by atoms with Gasteiger partial charge in [0.2, 0.25) is 0 Å². The van der Waals surface area contributed by atoms with Crippen molar-refractivity contribution in [2.45, 2.75) is 12.0 Å². The van der Waals surface area contributed by atoms with E-state index >= 15 is 0 Å². The predicted molar refractivity (Wildman–Crippen MR) is 43.8 cm³/mol. The molecular formula is C9H13NO. The van der Waals surface area contributed by atoms with Crippen molar-refractivity contribution in [3.05, 3.63) is 24.4 Å². The third-order valence-electron chi connectivity index (χ3n) is 3.05. The van der Waals surface area contributed by atoms with Crippen LogP contribution in [0.15, 0.2) is 24.4 Å². The molecule has 0 unspecified atom stereocenters. The molecule has 0 heterocycles. The Labute approximate surface area is 66.7 Å². The summed E-state index contributed by atoms with van der Waals surface area (Å²) in [6, 6.07) is 0. The molecule has 0 aromatic rings. The number of hydrogen-bond acceptors (Lipinski definition) is 2. The third-order valence-corrected chi connectivity index (χ3v) is 3.05. The summed E-state index contributed by atoms with van der Waals surface area (Å²) in [6.07, 6.45) is 1.09. The Morgan fingerprint density at radius 1 is 1.82 bits per heavy atom. The summed E-state index contributed by atoms with van der Waals surface area (Å²) in [7, 11) is 1.74. The van der Waals surface area contributed by atoms with E-state index in [-0.39, 0.29) is 5.60 Å². The van der Waals surface area contributed by atoms with Gasteiger partial charge in [-0.05, 0) is 12.0 Å². The molecular weight excluding hydrogens is 138 g/mol. The van der Waals surface area contributed by atoms with Gasteiger partial charge in [-0.3, -0.25) is 0 Å². The van der Waals surface area contributed by atoms with Crippen molar-refractivity contribution in [2.75, 3.05) is 7.11 Å². The lowest BCUT2D eigenvalue weighted by atomic mass is 9.76. The molecule has 2 aliphatic rings. The van der Waals surface area contributed by atoms with Crippen LogP contribution < -0.4 is 5.73 Å². The third kappa shape index (κ3) is 0.566. The highest BCUT2D eigenvalue weighted by atomic mass is 16.5. The Bertz CT molecular complexity index is 246. The van der Waals surface area contributed by atoms with Gasteiger partial charge in [-0.25, -0.2) is 0 Å². The van der Waals surface area contributed by atoms with E-state index < -0.39 is 0 Å². The van der Waals surface area contributed by atoms with Crippen LogP contribution >= 0.6 is 0 Å². The first-order valence-electron chi connectivity index (χ1n) is 3.82. The van der Waals surface area contributed by atoms with Crippen LogP contribution in [0.2, 0.25) is 0 Å². The number of allylic oxidation sites excluding steroid dienone is 1. The van der Waals surface area contributed by atoms with Crippen LogP contribution in [0.4, 0.5) is 0 Å². The molecule has 0 aliphatic heterocycles. The van der Waals surface area contributed by atoms with Crippen LogP contribution in [0.25, 0.3) is 0 Å². The topological polar surface area (TPSA) is 35.2 Å². The zero-order chi connectivity index (χ0) is 8.22. The maximum Gasteiger partial charge on any atom is 0.0934 e. The zero-order valence-electron chi connectivity index (χ0n) is 6.76. The maximum absolute atomic E-state index is 5.61. The van der Waals surface area contributed by atoms with Crippen molar-refractivity contribution in [3.8, 4) is 0 Å². The minimum Gasteiger partial charge on any atom is -0.402 e. The smallest absolute Gasteiger partial charge is 0.0934 e. The summed E-state index contributed by atoms with van der Waals surface area (Å²) < 4.78 is 5.34. The Morgan fingerprint density at radius 2 is 2.45 bits per heavy atom. The minimum absolute atomic E-state index is 0.00692. The average molecular weight is 151 g/mol. The first-order chi connectivity index (χ1) is 5.13. The standard InChI is InChI=1S/C9H13NO/c1-5-8(6(2)10)7-4-9(5,7)11-3/h7-8H,1-2,4,10H2,3H3/t7-,8+,9+/m0/s1. The number of hydrogen-bond donors (Lipinski definition) is 1. The number of nitrogens with two attached hydrogens (primary N) is 1. The highest BCUT2D eigenvalue weighted by Gasteiger charge is 2.71. The van der Waals surface area contributed by atoms with Crippen LogP contribution in [0.1, 0.15) is 6.42 Å². The highest BCUT2D eigenvalue weighted by molar-refractivity contribution is 5.47. The molecule has 0 saturated heterocycles. The molecule has 60 valence electrons. The fourth-order valence-electron chi connectivity index (χ4n) is 2.28. The molecule has 11 heavy (non-hydrogen) atoms. The minimum atomic E-state index is 0.00692. The van der Waals surface area contributed by atoms with Gasteiger partial charge in [0.1, 0.15) is 0 Å². The maximum atomic E-state index is 5.61. The lowest BCUT2D eigenvalue weighted by Gasteiger charge is -2.36. The van der Waals surface area contributed by atoms with Gasteiger partial charge in [0.25, 0.3) is 0 Å². The van der Waals surface area contributed by atoms with Gasteiger partial charge in [0.15, 0.2) is 0 Å². The monoisotopic (exact) mass is 151 g/mol. The molecule has 2 aliphatic carbocycles. The highest BCUT2D eigenvalue weighted by Crippen LogP contribution is 2.69. The largest absolute Gasteiger partial charge is 0.402 e. The van der Waals surface area contributed by atoms with Crippen LogP contribution in [-0.4, -0.2) is 12.7 Å².